The van der Waals surface area contributed by atoms with Crippen molar-refractivity contribution in [3.05, 3.63) is 78.6 Å². The van der Waals surface area contributed by atoms with Crippen LogP contribution in [0.25, 0.3) is 6.08 Å². The number of ether oxygens (including phenoxy) is 1. The van der Waals surface area contributed by atoms with Gasteiger partial charge in [0.05, 0.1) is 0 Å². The summed E-state index contributed by atoms with van der Waals surface area (Å²) in [6.45, 7) is 3.73. The molecule has 2 heteroatoms. The van der Waals surface area contributed by atoms with Crippen LogP contribution in [0.4, 0.5) is 4.39 Å². The number of para-hydroxylation sites is 1. The summed E-state index contributed by atoms with van der Waals surface area (Å²) < 4.78 is 18.8. The van der Waals surface area contributed by atoms with E-state index in [1.165, 1.54) is 31.4 Å². The van der Waals surface area contributed by atoms with E-state index in [1.807, 2.05) is 30.3 Å². The van der Waals surface area contributed by atoms with E-state index in [0.29, 0.717) is 5.75 Å². The Morgan fingerprint density at radius 1 is 0.913 bits per heavy atom. The predicted octanol–water partition coefficient (Wildman–Crippen LogP) is 6.77. The van der Waals surface area contributed by atoms with Crippen LogP contribution in [-0.2, 0) is 0 Å². The standard InChI is InChI=1S/C21H23FO/c1-2-3-4-5-6-7-8-11-18-12-9-10-13-21(18)23-20-16-14-19(22)15-17-20/h2,8-17H,1,3-7H2/b11-8-. The van der Waals surface area contributed by atoms with Gasteiger partial charge in [-0.1, -0.05) is 42.8 Å². The molecule has 0 radical (unpaired) electrons. The zero-order valence-electron chi connectivity index (χ0n) is 13.4. The van der Waals surface area contributed by atoms with Gasteiger partial charge in [0.15, 0.2) is 0 Å². The van der Waals surface area contributed by atoms with Crippen LogP contribution < -0.4 is 4.74 Å². The van der Waals surface area contributed by atoms with Gasteiger partial charge < -0.3 is 4.74 Å². The zero-order valence-corrected chi connectivity index (χ0v) is 13.4. The smallest absolute Gasteiger partial charge is 0.134 e. The van der Waals surface area contributed by atoms with Gasteiger partial charge in [-0.15, -0.1) is 6.58 Å². The number of hydrogen-bond donors (Lipinski definition) is 0. The number of halogens is 1. The summed E-state index contributed by atoms with van der Waals surface area (Å²) in [6, 6.07) is 13.9. The molecule has 2 rings (SSSR count). The van der Waals surface area contributed by atoms with E-state index in [0.717, 1.165) is 24.2 Å². The van der Waals surface area contributed by atoms with Crippen LogP contribution in [0.15, 0.2) is 67.3 Å². The van der Waals surface area contributed by atoms with E-state index in [4.69, 9.17) is 4.74 Å². The lowest BCUT2D eigenvalue weighted by atomic mass is 10.1. The fraction of sp³-hybridized carbons (Fsp3) is 0.238. The highest BCUT2D eigenvalue weighted by Gasteiger charge is 2.02. The van der Waals surface area contributed by atoms with Gasteiger partial charge in [0, 0.05) is 5.56 Å². The quantitative estimate of drug-likeness (QED) is 0.367. The normalized spacial score (nSPS) is 10.8. The number of benzene rings is 2. The largest absolute Gasteiger partial charge is 0.457 e. The van der Waals surface area contributed by atoms with Gasteiger partial charge in [0.2, 0.25) is 0 Å². The van der Waals surface area contributed by atoms with E-state index in [1.54, 1.807) is 12.1 Å². The molecule has 0 bridgehead atoms. The van der Waals surface area contributed by atoms with Crippen LogP contribution in [0.2, 0.25) is 0 Å². The molecule has 2 aromatic carbocycles. The van der Waals surface area contributed by atoms with Crippen LogP contribution in [0.5, 0.6) is 11.5 Å². The average molecular weight is 310 g/mol. The summed E-state index contributed by atoms with van der Waals surface area (Å²) in [6.07, 6.45) is 12.0. The molecule has 0 amide bonds. The third kappa shape index (κ3) is 6.11. The Bertz CT molecular complexity index is 629. The minimum absolute atomic E-state index is 0.262. The molecule has 0 aromatic heterocycles. The van der Waals surface area contributed by atoms with E-state index in [-0.39, 0.29) is 5.82 Å². The predicted molar refractivity (Wildman–Crippen MR) is 95.2 cm³/mol. The molecule has 0 aliphatic heterocycles. The van der Waals surface area contributed by atoms with Crippen molar-refractivity contribution in [2.24, 2.45) is 0 Å². The van der Waals surface area contributed by atoms with Crippen LogP contribution in [-0.4, -0.2) is 0 Å². The van der Waals surface area contributed by atoms with Gasteiger partial charge in [0.25, 0.3) is 0 Å². The van der Waals surface area contributed by atoms with Crippen molar-refractivity contribution >= 4 is 6.08 Å². The molecule has 0 saturated carbocycles. The molecule has 120 valence electrons. The Balaban J connectivity index is 1.92. The Morgan fingerprint density at radius 2 is 1.65 bits per heavy atom. The third-order valence-corrected chi connectivity index (χ3v) is 3.54. The molecule has 0 aliphatic rings. The van der Waals surface area contributed by atoms with Crippen LogP contribution >= 0.6 is 0 Å². The SMILES string of the molecule is C=CCCCCC/C=C\c1ccccc1Oc1ccc(F)cc1. The Hall–Kier alpha value is -2.35. The minimum atomic E-state index is -0.262. The second kappa shape index (κ2) is 9.62. The number of rotatable bonds is 9. The third-order valence-electron chi connectivity index (χ3n) is 3.54. The van der Waals surface area contributed by atoms with E-state index in [2.05, 4.69) is 18.7 Å². The van der Waals surface area contributed by atoms with Crippen LogP contribution in [0.1, 0.15) is 37.7 Å². The highest BCUT2D eigenvalue weighted by Crippen LogP contribution is 2.26. The molecular weight excluding hydrogens is 287 g/mol. The highest BCUT2D eigenvalue weighted by atomic mass is 19.1. The summed E-state index contributed by atoms with van der Waals surface area (Å²) in [5.41, 5.74) is 1.03. The molecule has 0 spiro atoms. The van der Waals surface area contributed by atoms with Crippen molar-refractivity contribution in [1.82, 2.24) is 0 Å². The molecule has 0 unspecified atom stereocenters. The Kier molecular flexibility index (Phi) is 7.12. The van der Waals surface area contributed by atoms with E-state index < -0.39 is 0 Å². The first-order chi connectivity index (χ1) is 11.3. The molecule has 0 N–H and O–H groups in total. The maximum absolute atomic E-state index is 12.9. The molecule has 23 heavy (non-hydrogen) atoms. The van der Waals surface area contributed by atoms with Crippen molar-refractivity contribution in [2.45, 2.75) is 32.1 Å². The summed E-state index contributed by atoms with van der Waals surface area (Å²) in [5.74, 6) is 1.15. The minimum Gasteiger partial charge on any atom is -0.457 e. The lowest BCUT2D eigenvalue weighted by molar-refractivity contribution is 0.479. The van der Waals surface area contributed by atoms with Crippen LogP contribution in [0, 0.1) is 5.82 Å². The van der Waals surface area contributed by atoms with Gasteiger partial charge in [-0.3, -0.25) is 0 Å². The molecule has 2 aromatic rings. The van der Waals surface area contributed by atoms with Gasteiger partial charge in [-0.05, 0) is 56.0 Å². The van der Waals surface area contributed by atoms with E-state index >= 15 is 0 Å². The summed E-state index contributed by atoms with van der Waals surface area (Å²) in [7, 11) is 0. The highest BCUT2D eigenvalue weighted by molar-refractivity contribution is 5.57. The second-order valence-electron chi connectivity index (χ2n) is 5.42. The lowest BCUT2D eigenvalue weighted by Crippen LogP contribution is -1.87. The van der Waals surface area contributed by atoms with Gasteiger partial charge in [0.1, 0.15) is 17.3 Å². The monoisotopic (exact) mass is 310 g/mol. The average Bonchev–Trinajstić information content (AvgIpc) is 2.57. The maximum atomic E-state index is 12.9. The maximum Gasteiger partial charge on any atom is 0.134 e. The Labute approximate surface area is 138 Å². The van der Waals surface area contributed by atoms with Crippen molar-refractivity contribution in [1.29, 1.82) is 0 Å². The number of hydrogen-bond acceptors (Lipinski definition) is 1. The molecule has 0 saturated heterocycles. The van der Waals surface area contributed by atoms with Crippen molar-refractivity contribution in [3.63, 3.8) is 0 Å². The number of unbranched alkanes of at least 4 members (excludes halogenated alkanes) is 4. The number of allylic oxidation sites excluding steroid dienone is 2. The molecule has 1 nitrogen and oxygen atoms in total. The topological polar surface area (TPSA) is 9.23 Å². The fourth-order valence-electron chi connectivity index (χ4n) is 2.28. The molecule has 0 aliphatic carbocycles. The van der Waals surface area contributed by atoms with Crippen LogP contribution in [0.3, 0.4) is 0 Å². The fourth-order valence-corrected chi connectivity index (χ4v) is 2.28. The van der Waals surface area contributed by atoms with Gasteiger partial charge in [-0.2, -0.15) is 0 Å². The van der Waals surface area contributed by atoms with E-state index in [9.17, 15) is 4.39 Å². The van der Waals surface area contributed by atoms with Crippen molar-refractivity contribution < 1.29 is 9.13 Å². The molecule has 0 heterocycles. The lowest BCUT2D eigenvalue weighted by Gasteiger charge is -2.08. The zero-order chi connectivity index (χ0) is 16.3. The molecule has 0 fully saturated rings. The second-order valence-corrected chi connectivity index (χ2v) is 5.42. The summed E-state index contributed by atoms with van der Waals surface area (Å²) in [5, 5.41) is 0. The first kappa shape index (κ1) is 17.0. The summed E-state index contributed by atoms with van der Waals surface area (Å²) in [4.78, 5) is 0. The van der Waals surface area contributed by atoms with Gasteiger partial charge in [-0.25, -0.2) is 4.39 Å². The Morgan fingerprint density at radius 3 is 2.43 bits per heavy atom. The summed E-state index contributed by atoms with van der Waals surface area (Å²) >= 11 is 0. The molecular formula is C21H23FO. The van der Waals surface area contributed by atoms with Gasteiger partial charge >= 0.3 is 0 Å². The molecule has 0 atom stereocenters. The first-order valence-electron chi connectivity index (χ1n) is 8.09. The first-order valence-corrected chi connectivity index (χ1v) is 8.09. The van der Waals surface area contributed by atoms with Crippen molar-refractivity contribution in [2.75, 3.05) is 0 Å². The van der Waals surface area contributed by atoms with Crippen molar-refractivity contribution in [3.8, 4) is 11.5 Å².